The fourth-order valence-corrected chi connectivity index (χ4v) is 6.72. The molecule has 0 atom stereocenters. The van der Waals surface area contributed by atoms with Crippen molar-refractivity contribution in [2.45, 2.75) is 78.4 Å². The Balaban J connectivity index is 1.01. The van der Waals surface area contributed by atoms with Crippen molar-refractivity contribution in [3.8, 4) is 0 Å². The van der Waals surface area contributed by atoms with Crippen molar-refractivity contribution in [1.82, 2.24) is 15.2 Å². The SMILES string of the molecule is CC/C(CCNCc1ccc(NC(=O)CCN2CCC(OC(=O)Nc3ccccc3C3=CC=CCC3)CC2)c(C)c1)=c1/ccc(=O)[nH]/c1=C(/C)O. The highest BCUT2D eigenvalue weighted by Crippen LogP contribution is 2.30. The summed E-state index contributed by atoms with van der Waals surface area (Å²) in [6.45, 7) is 9.26. The number of benzene rings is 2. The van der Waals surface area contributed by atoms with Crippen LogP contribution in [0.3, 0.4) is 0 Å². The zero-order valence-corrected chi connectivity index (χ0v) is 30.0. The number of hydrogen-bond donors (Lipinski definition) is 5. The lowest BCUT2D eigenvalue weighted by Crippen LogP contribution is -2.39. The van der Waals surface area contributed by atoms with Gasteiger partial charge in [0, 0.05) is 55.1 Å². The summed E-state index contributed by atoms with van der Waals surface area (Å²) in [5.74, 6) is 0.0738. The minimum atomic E-state index is -0.428. The smallest absolute Gasteiger partial charge is 0.411 e. The molecule has 2 heterocycles. The van der Waals surface area contributed by atoms with Crippen molar-refractivity contribution >= 4 is 40.3 Å². The number of aromatic nitrogens is 1. The Bertz CT molecular complexity index is 1930. The van der Waals surface area contributed by atoms with Gasteiger partial charge in [-0.05, 0) is 93.8 Å². The van der Waals surface area contributed by atoms with Crippen molar-refractivity contribution in [3.63, 3.8) is 0 Å². The van der Waals surface area contributed by atoms with Crippen LogP contribution in [-0.4, -0.2) is 59.3 Å². The standard InChI is InChI=1S/C41H51N5O5/c1-4-31(35-15-17-38(48)45-40(35)29(3)47)18-22-42-27-30-14-16-36(28(2)26-30)43-39(49)21-25-46-23-19-33(20-24-46)51-41(50)44-37-13-9-8-12-34(37)32-10-6-5-7-11-32/h5-6,8-10,12-17,26,33,42,47H,4,7,11,18-25,27H2,1-3H3,(H,43,49)(H,44,50)(H,45,48)/b35-31+,40-29-. The van der Waals surface area contributed by atoms with E-state index < -0.39 is 6.09 Å². The summed E-state index contributed by atoms with van der Waals surface area (Å²) in [5.41, 5.74) is 6.84. The number of nitrogens with one attached hydrogen (secondary N) is 4. The first-order chi connectivity index (χ1) is 24.7. The van der Waals surface area contributed by atoms with Gasteiger partial charge in [-0.2, -0.15) is 0 Å². The van der Waals surface area contributed by atoms with Gasteiger partial charge in [-0.3, -0.25) is 14.9 Å². The third-order valence-electron chi connectivity index (χ3n) is 9.57. The molecule has 5 N–H and O–H groups in total. The van der Waals surface area contributed by atoms with Gasteiger partial charge in [0.05, 0.1) is 11.0 Å². The van der Waals surface area contributed by atoms with Crippen LogP contribution in [0, 0.1) is 6.92 Å². The summed E-state index contributed by atoms with van der Waals surface area (Å²) in [6, 6.07) is 17.2. The first-order valence-electron chi connectivity index (χ1n) is 18.1. The van der Waals surface area contributed by atoms with Gasteiger partial charge in [0.2, 0.25) is 11.5 Å². The number of nitrogens with zero attached hydrogens (tertiary/aromatic N) is 1. The zero-order chi connectivity index (χ0) is 36.2. The maximum absolute atomic E-state index is 12.8. The highest BCUT2D eigenvalue weighted by Gasteiger charge is 2.23. The Kier molecular flexibility index (Phi) is 13.4. The topological polar surface area (TPSA) is 136 Å². The molecule has 5 rings (SSSR count). The lowest BCUT2D eigenvalue weighted by molar-refractivity contribution is -0.116. The molecule has 0 unspecified atom stereocenters. The largest absolute Gasteiger partial charge is 0.510 e. The Morgan fingerprint density at radius 1 is 1.02 bits per heavy atom. The third kappa shape index (κ3) is 10.8. The number of ether oxygens (including phenoxy) is 1. The second-order valence-corrected chi connectivity index (χ2v) is 13.3. The molecule has 1 aliphatic carbocycles. The number of H-pyrrole nitrogens is 1. The predicted molar refractivity (Wildman–Crippen MR) is 205 cm³/mol. The molecular formula is C41H51N5O5. The fourth-order valence-electron chi connectivity index (χ4n) is 6.72. The van der Waals surface area contributed by atoms with Crippen molar-refractivity contribution < 1.29 is 19.4 Å². The van der Waals surface area contributed by atoms with Gasteiger partial charge in [-0.1, -0.05) is 61.1 Å². The van der Waals surface area contributed by atoms with Gasteiger partial charge in [-0.25, -0.2) is 4.79 Å². The van der Waals surface area contributed by atoms with Crippen molar-refractivity contribution in [3.05, 3.63) is 110 Å². The van der Waals surface area contributed by atoms with E-state index in [1.54, 1.807) is 13.0 Å². The Hall–Kier alpha value is -4.93. The number of aromatic amines is 1. The molecule has 51 heavy (non-hydrogen) atoms. The molecule has 1 fully saturated rings. The Labute approximate surface area is 300 Å². The first-order valence-corrected chi connectivity index (χ1v) is 18.1. The molecule has 1 aromatic heterocycles. The normalized spacial score (nSPS) is 16.3. The summed E-state index contributed by atoms with van der Waals surface area (Å²) in [5, 5.41) is 20.9. The average molecular weight is 694 g/mol. The minimum Gasteiger partial charge on any atom is -0.510 e. The molecule has 270 valence electrons. The van der Waals surface area contributed by atoms with Crippen molar-refractivity contribution in [1.29, 1.82) is 0 Å². The number of piperidine rings is 1. The molecule has 1 aliphatic heterocycles. The van der Waals surface area contributed by atoms with Crippen LogP contribution < -0.4 is 32.1 Å². The molecule has 0 spiro atoms. The average Bonchev–Trinajstić information content (AvgIpc) is 3.13. The molecule has 0 bridgehead atoms. The molecule has 0 saturated carbocycles. The van der Waals surface area contributed by atoms with E-state index in [0.29, 0.717) is 24.9 Å². The number of carbonyl (C=O) groups excluding carboxylic acids is 2. The number of likely N-dealkylation sites (tertiary alicyclic amines) is 1. The molecule has 2 aromatic carbocycles. The minimum absolute atomic E-state index is 0.0245. The number of aliphatic hydroxyl groups excluding tert-OH is 1. The monoisotopic (exact) mass is 693 g/mol. The van der Waals surface area contributed by atoms with Gasteiger partial charge in [0.1, 0.15) is 11.9 Å². The number of rotatable bonds is 13. The van der Waals surface area contributed by atoms with E-state index in [0.717, 1.165) is 97.0 Å². The zero-order valence-electron chi connectivity index (χ0n) is 30.0. The number of hydrogen-bond acceptors (Lipinski definition) is 7. The highest BCUT2D eigenvalue weighted by atomic mass is 16.6. The van der Waals surface area contributed by atoms with Gasteiger partial charge >= 0.3 is 6.09 Å². The predicted octanol–water partition coefficient (Wildman–Crippen LogP) is 5.89. The van der Waals surface area contributed by atoms with Crippen LogP contribution in [0.5, 0.6) is 0 Å². The van der Waals surface area contributed by atoms with Crippen LogP contribution in [-0.2, 0) is 16.1 Å². The second kappa shape index (κ2) is 18.3. The van der Waals surface area contributed by atoms with E-state index >= 15 is 0 Å². The number of aryl methyl sites for hydroxylation is 1. The molecule has 3 aromatic rings. The Morgan fingerprint density at radius 3 is 2.55 bits per heavy atom. The molecule has 0 radical (unpaired) electrons. The lowest BCUT2D eigenvalue weighted by atomic mass is 9.96. The number of anilines is 2. The van der Waals surface area contributed by atoms with Crippen LogP contribution in [0.1, 0.15) is 75.5 Å². The molecule has 2 aliphatic rings. The van der Waals surface area contributed by atoms with E-state index in [4.69, 9.17) is 4.74 Å². The maximum Gasteiger partial charge on any atom is 0.411 e. The number of pyridine rings is 1. The summed E-state index contributed by atoms with van der Waals surface area (Å²) in [6.07, 6.45) is 11.1. The maximum atomic E-state index is 12.8. The van der Waals surface area contributed by atoms with Crippen LogP contribution >= 0.6 is 0 Å². The summed E-state index contributed by atoms with van der Waals surface area (Å²) in [7, 11) is 0. The molecule has 10 heteroatoms. The van der Waals surface area contributed by atoms with Crippen molar-refractivity contribution in [2.75, 3.05) is 36.8 Å². The number of allylic oxidation sites excluding steroid dienone is 4. The molecular weight excluding hydrogens is 642 g/mol. The van der Waals surface area contributed by atoms with Crippen LogP contribution in [0.4, 0.5) is 16.2 Å². The Morgan fingerprint density at radius 2 is 1.82 bits per heavy atom. The quantitative estimate of drug-likeness (QED) is 0.141. The van der Waals surface area contributed by atoms with E-state index in [2.05, 4.69) is 57.1 Å². The molecule has 10 nitrogen and oxygen atoms in total. The summed E-state index contributed by atoms with van der Waals surface area (Å²) >= 11 is 0. The van der Waals surface area contributed by atoms with Gasteiger partial charge in [0.25, 0.3) is 0 Å². The molecule has 2 amide bonds. The highest BCUT2D eigenvalue weighted by molar-refractivity contribution is 5.92. The van der Waals surface area contributed by atoms with Gasteiger partial charge < -0.3 is 30.4 Å². The number of aliphatic hydroxyl groups is 1. The summed E-state index contributed by atoms with van der Waals surface area (Å²) < 4.78 is 5.78. The van der Waals surface area contributed by atoms with Crippen LogP contribution in [0.2, 0.25) is 0 Å². The number of carbonyl (C=O) groups is 2. The number of amides is 2. The van der Waals surface area contributed by atoms with Gasteiger partial charge in [0.15, 0.2) is 0 Å². The van der Waals surface area contributed by atoms with E-state index in [1.807, 2.05) is 43.3 Å². The van der Waals surface area contributed by atoms with E-state index in [1.165, 1.54) is 11.6 Å². The lowest BCUT2D eigenvalue weighted by Gasteiger charge is -2.31. The third-order valence-corrected chi connectivity index (χ3v) is 9.57. The van der Waals surface area contributed by atoms with E-state index in [9.17, 15) is 19.5 Å². The van der Waals surface area contributed by atoms with Gasteiger partial charge in [-0.15, -0.1) is 0 Å². The van der Waals surface area contributed by atoms with Crippen LogP contribution in [0.25, 0.3) is 16.9 Å². The first kappa shape index (κ1) is 37.3. The summed E-state index contributed by atoms with van der Waals surface area (Å²) in [4.78, 5) is 42.4. The fraction of sp³-hybridized carbons (Fsp3) is 0.390. The van der Waals surface area contributed by atoms with Crippen LogP contribution in [0.15, 0.2) is 77.6 Å². The van der Waals surface area contributed by atoms with Crippen molar-refractivity contribution in [2.24, 2.45) is 0 Å². The molecule has 1 saturated heterocycles. The number of para-hydroxylation sites is 1. The van der Waals surface area contributed by atoms with E-state index in [-0.39, 0.29) is 23.3 Å². The second-order valence-electron chi connectivity index (χ2n) is 13.3.